The molecule has 28 heteroatoms. The maximum Gasteiger partial charge on any atom is 0.329 e. The molecule has 1 aliphatic heterocycles. The standard InChI is InChI=1S/C71H109N11O17/c1-50(2)55-47-53(16-17-57(55)82-59(66-60(95-7)14-9-15-61(66)96-8)48-56(75-82)67(89)74-71(70(93)94)23-22-52-44-51(3)45-54(71)46-52)68(90)78(6)29-13-27-76(4)26-12-28-77(5)64(86)21-20-63(85)73-25-11-39-98-41-43-99-42-40-97-38-10-24-72-62(84)19-18-58(69(91)92)81-34-32-79(36-37-83)30-31-80(33-35-81)49-65(87)88/h9,14-17,37,47-48,50-52,54,58H,10-13,18-36,38-46,49H2,1-8H3,(H,72,84)(H,73,85)(H,74,89)(H,87,88)(H,91,92)(H,93,94). The third kappa shape index (κ3) is 24.9. The summed E-state index contributed by atoms with van der Waals surface area (Å²) in [6, 6.07) is 11.5. The van der Waals surface area contributed by atoms with Crippen LogP contribution >= 0.6 is 0 Å². The van der Waals surface area contributed by atoms with E-state index >= 15 is 0 Å². The van der Waals surface area contributed by atoms with Crippen LogP contribution in [0.5, 0.6) is 11.5 Å². The van der Waals surface area contributed by atoms with E-state index in [1.807, 2.05) is 37.9 Å². The number of carboxylic acid groups (broad SMARTS) is 3. The molecule has 2 saturated carbocycles. The van der Waals surface area contributed by atoms with Gasteiger partial charge in [0.1, 0.15) is 29.4 Å². The second kappa shape index (κ2) is 41.2. The largest absolute Gasteiger partial charge is 0.496 e. The molecule has 1 saturated heterocycles. The maximum absolute atomic E-state index is 14.4. The van der Waals surface area contributed by atoms with Gasteiger partial charge in [0.25, 0.3) is 11.8 Å². The molecule has 2 aliphatic carbocycles. The van der Waals surface area contributed by atoms with Gasteiger partial charge in [0.05, 0.1) is 70.7 Å². The first-order valence-electron chi connectivity index (χ1n) is 35.0. The summed E-state index contributed by atoms with van der Waals surface area (Å²) < 4.78 is 30.1. The molecule has 0 spiro atoms. The monoisotopic (exact) mass is 1390 g/mol. The number of fused-ring (bicyclic) bond motifs is 2. The van der Waals surface area contributed by atoms with Gasteiger partial charge in [-0.3, -0.25) is 48.3 Å². The SMILES string of the molecule is COc1cccc(OC)c1-c1cc(C(=O)NC2(C(=O)O)CCC3CC(C)CC2C3)nn1-c1ccc(C(=O)N(C)CCCN(C)CCCN(C)C(=O)CCC(=O)NCCCOCCOCCOCCCNC(=O)CCC(C(=O)O)N2CCN(CC=O)CCN(CC(=O)O)CC2)cc1C(C)C. The number of carbonyl (C=O) groups excluding carboxylic acids is 6. The average molecular weight is 1390 g/mol. The molecule has 6 rings (SSSR count). The third-order valence-corrected chi connectivity index (χ3v) is 19.1. The molecule has 1 aromatic heterocycles. The van der Waals surface area contributed by atoms with Crippen LogP contribution in [0.25, 0.3) is 16.9 Å². The van der Waals surface area contributed by atoms with Crippen LogP contribution in [-0.4, -0.2) is 286 Å². The van der Waals surface area contributed by atoms with Crippen molar-refractivity contribution < 1.29 is 82.2 Å². The van der Waals surface area contributed by atoms with Gasteiger partial charge in [-0.1, -0.05) is 26.8 Å². The normalized spacial score (nSPS) is 18.7. The van der Waals surface area contributed by atoms with Crippen molar-refractivity contribution in [3.05, 3.63) is 59.3 Å². The lowest BCUT2D eigenvalue weighted by molar-refractivity contribution is -0.151. The topological polar surface area (TPSA) is 334 Å². The van der Waals surface area contributed by atoms with E-state index in [9.17, 15) is 58.5 Å². The van der Waals surface area contributed by atoms with E-state index in [1.165, 1.54) is 0 Å². The number of aldehydes is 1. The smallest absolute Gasteiger partial charge is 0.329 e. The Hall–Kier alpha value is -7.60. The molecular formula is C71H109N11O17. The Labute approximate surface area is 582 Å². The summed E-state index contributed by atoms with van der Waals surface area (Å²) in [5.74, 6) is -2.99. The maximum atomic E-state index is 14.4. The molecular weight excluding hydrogens is 1280 g/mol. The molecule has 99 heavy (non-hydrogen) atoms. The predicted octanol–water partition coefficient (Wildman–Crippen LogP) is 4.60. The van der Waals surface area contributed by atoms with Gasteiger partial charge >= 0.3 is 17.9 Å². The highest BCUT2D eigenvalue weighted by atomic mass is 16.5. The molecule has 5 atom stereocenters. The Morgan fingerprint density at radius 2 is 1.30 bits per heavy atom. The molecule has 5 amide bonds. The van der Waals surface area contributed by atoms with E-state index in [0.29, 0.717) is 183 Å². The van der Waals surface area contributed by atoms with Crippen LogP contribution in [0, 0.1) is 17.8 Å². The molecule has 2 bridgehead atoms. The number of amides is 5. The van der Waals surface area contributed by atoms with Crippen molar-refractivity contribution in [2.75, 3.05) is 167 Å². The minimum atomic E-state index is -1.42. The van der Waals surface area contributed by atoms with Crippen molar-refractivity contribution in [1.29, 1.82) is 0 Å². The van der Waals surface area contributed by atoms with Gasteiger partial charge < -0.3 is 74.4 Å². The summed E-state index contributed by atoms with van der Waals surface area (Å²) in [5, 5.41) is 43.7. The van der Waals surface area contributed by atoms with E-state index in [0.717, 1.165) is 50.5 Å². The second-order valence-electron chi connectivity index (χ2n) is 26.8. The Kier molecular flexibility index (Phi) is 33.5. The third-order valence-electron chi connectivity index (χ3n) is 19.1. The number of hydrogen-bond acceptors (Lipinski definition) is 19. The summed E-state index contributed by atoms with van der Waals surface area (Å²) >= 11 is 0. The number of nitrogens with one attached hydrogen (secondary N) is 3. The molecule has 6 N–H and O–H groups in total. The molecule has 2 aromatic carbocycles. The molecule has 3 fully saturated rings. The number of aromatic nitrogens is 2. The van der Waals surface area contributed by atoms with E-state index in [2.05, 4.69) is 27.8 Å². The molecule has 3 aliphatic rings. The van der Waals surface area contributed by atoms with Gasteiger partial charge in [0.15, 0.2) is 5.69 Å². The van der Waals surface area contributed by atoms with E-state index in [1.54, 1.807) is 82.9 Å². The first-order valence-corrected chi connectivity index (χ1v) is 35.0. The zero-order chi connectivity index (χ0) is 72.0. The number of benzene rings is 2. The molecule has 5 unspecified atom stereocenters. The second-order valence-corrected chi connectivity index (χ2v) is 26.8. The summed E-state index contributed by atoms with van der Waals surface area (Å²) in [6.07, 6.45) is 7.19. The van der Waals surface area contributed by atoms with Crippen LogP contribution in [0.1, 0.15) is 137 Å². The van der Waals surface area contributed by atoms with Crippen molar-refractivity contribution in [2.24, 2.45) is 17.8 Å². The average Bonchev–Trinajstić information content (AvgIpc) is 1.72. The number of aliphatic carboxylic acids is 3. The number of carboxylic acids is 3. The van der Waals surface area contributed by atoms with Crippen molar-refractivity contribution >= 4 is 53.7 Å². The minimum absolute atomic E-state index is 0.00265. The van der Waals surface area contributed by atoms with Crippen LogP contribution in [0.2, 0.25) is 0 Å². The fraction of sp³-hybridized carbons (Fsp3) is 0.662. The van der Waals surface area contributed by atoms with Gasteiger partial charge in [-0.25, -0.2) is 9.48 Å². The fourth-order valence-electron chi connectivity index (χ4n) is 13.6. The number of methoxy groups -OCH3 is 2. The summed E-state index contributed by atoms with van der Waals surface area (Å²) in [4.78, 5) is 125. The Bertz CT molecular complexity index is 3110. The van der Waals surface area contributed by atoms with Gasteiger partial charge in [-0.15, -0.1) is 0 Å². The zero-order valence-electron chi connectivity index (χ0n) is 59.5. The molecule has 3 aromatic rings. The lowest BCUT2D eigenvalue weighted by Crippen LogP contribution is -2.62. The van der Waals surface area contributed by atoms with Gasteiger partial charge in [0, 0.05) is 118 Å². The molecule has 0 radical (unpaired) electrons. The zero-order valence-corrected chi connectivity index (χ0v) is 59.5. The Morgan fingerprint density at radius 3 is 1.90 bits per heavy atom. The summed E-state index contributed by atoms with van der Waals surface area (Å²) in [5.41, 5.74) is 1.55. The quantitative estimate of drug-likeness (QED) is 0.0333. The lowest BCUT2D eigenvalue weighted by Gasteiger charge is -2.48. The number of rotatable bonds is 43. The number of carbonyl (C=O) groups is 9. The van der Waals surface area contributed by atoms with E-state index in [4.69, 9.17) is 28.8 Å². The lowest BCUT2D eigenvalue weighted by atomic mass is 9.60. The minimum Gasteiger partial charge on any atom is -0.496 e. The molecule has 28 nitrogen and oxygen atoms in total. The van der Waals surface area contributed by atoms with Crippen molar-refractivity contribution in [3.63, 3.8) is 0 Å². The van der Waals surface area contributed by atoms with Crippen molar-refractivity contribution in [1.82, 2.24) is 55.1 Å². The highest BCUT2D eigenvalue weighted by Gasteiger charge is 2.53. The van der Waals surface area contributed by atoms with Gasteiger partial charge in [0.2, 0.25) is 17.7 Å². The van der Waals surface area contributed by atoms with E-state index < -0.39 is 35.4 Å². The molecule has 2 heterocycles. The van der Waals surface area contributed by atoms with Crippen LogP contribution in [-0.2, 0) is 47.8 Å². The van der Waals surface area contributed by atoms with E-state index in [-0.39, 0.29) is 79.9 Å². The Morgan fingerprint density at radius 1 is 0.707 bits per heavy atom. The number of nitrogens with zero attached hydrogens (tertiary/aromatic N) is 8. The van der Waals surface area contributed by atoms with Gasteiger partial charge in [-0.05, 0) is 150 Å². The van der Waals surface area contributed by atoms with Crippen molar-refractivity contribution in [3.8, 4) is 28.4 Å². The predicted molar refractivity (Wildman–Crippen MR) is 370 cm³/mol. The Balaban J connectivity index is 0.816. The number of ether oxygens (including phenoxy) is 5. The fourth-order valence-corrected chi connectivity index (χ4v) is 13.6. The first kappa shape index (κ1) is 80.4. The van der Waals surface area contributed by atoms with Crippen LogP contribution < -0.4 is 25.4 Å². The van der Waals surface area contributed by atoms with Crippen molar-refractivity contribution in [2.45, 2.75) is 122 Å². The first-order chi connectivity index (χ1) is 47.5. The highest BCUT2D eigenvalue weighted by molar-refractivity contribution is 5.98. The summed E-state index contributed by atoms with van der Waals surface area (Å²) in [6.45, 7) is 14.0. The van der Waals surface area contributed by atoms with Crippen LogP contribution in [0.3, 0.4) is 0 Å². The molecule has 550 valence electrons. The van der Waals surface area contributed by atoms with Gasteiger partial charge in [-0.2, -0.15) is 5.10 Å². The van der Waals surface area contributed by atoms with Crippen LogP contribution in [0.15, 0.2) is 42.5 Å². The number of hydrogen-bond donors (Lipinski definition) is 6. The highest BCUT2D eigenvalue weighted by Crippen LogP contribution is 2.48. The van der Waals surface area contributed by atoms with Crippen LogP contribution in [0.4, 0.5) is 0 Å². The summed E-state index contributed by atoms with van der Waals surface area (Å²) in [7, 11) is 8.61.